The summed E-state index contributed by atoms with van der Waals surface area (Å²) in [6.07, 6.45) is 1.63. The molecule has 0 amide bonds. The lowest BCUT2D eigenvalue weighted by atomic mass is 10.0. The van der Waals surface area contributed by atoms with Crippen molar-refractivity contribution < 1.29 is 5.11 Å². The second-order valence-electron chi connectivity index (χ2n) is 6.25. The van der Waals surface area contributed by atoms with Gasteiger partial charge in [0.1, 0.15) is 6.23 Å². The number of thiophene rings is 1. The van der Waals surface area contributed by atoms with E-state index in [9.17, 15) is 5.11 Å². The fourth-order valence-corrected chi connectivity index (χ4v) is 5.05. The van der Waals surface area contributed by atoms with E-state index in [4.69, 9.17) is 0 Å². The predicted molar refractivity (Wildman–Crippen MR) is 108 cm³/mol. The van der Waals surface area contributed by atoms with Crippen molar-refractivity contribution in [3.63, 3.8) is 0 Å². The Morgan fingerprint density at radius 2 is 2.12 bits per heavy atom. The maximum Gasteiger partial charge on any atom is 0.191 e. The topological polar surface area (TPSA) is 54.2 Å². The Balaban J connectivity index is 1.48. The first-order chi connectivity index (χ1) is 12.8. The van der Waals surface area contributed by atoms with Gasteiger partial charge >= 0.3 is 0 Å². The highest BCUT2D eigenvalue weighted by molar-refractivity contribution is 7.99. The van der Waals surface area contributed by atoms with E-state index in [1.807, 2.05) is 17.5 Å². The highest BCUT2D eigenvalue weighted by Gasteiger charge is 2.23. The van der Waals surface area contributed by atoms with E-state index in [-0.39, 0.29) is 0 Å². The van der Waals surface area contributed by atoms with Crippen LogP contribution in [0.3, 0.4) is 0 Å². The summed E-state index contributed by atoms with van der Waals surface area (Å²) in [6, 6.07) is 12.5. The van der Waals surface area contributed by atoms with Crippen LogP contribution in [0.15, 0.2) is 46.9 Å². The van der Waals surface area contributed by atoms with Crippen molar-refractivity contribution in [2.24, 2.45) is 0 Å². The van der Waals surface area contributed by atoms with Crippen molar-refractivity contribution >= 4 is 28.8 Å². The molecule has 0 fully saturated rings. The molecule has 2 aromatic heterocycles. The summed E-state index contributed by atoms with van der Waals surface area (Å²) < 4.78 is 2.12. The number of hydrogen-bond donors (Lipinski definition) is 1. The zero-order valence-corrected chi connectivity index (χ0v) is 16.3. The van der Waals surface area contributed by atoms with Crippen LogP contribution >= 0.6 is 23.1 Å². The first kappa shape index (κ1) is 17.6. The standard InChI is InChI=1S/C19H22N4OS2/c1-2-22-18(16-10-6-12-25-16)20-21-19(22)26-13-17(24)23-11-5-8-14-7-3-4-9-15(14)23/h3-4,6-7,9-10,12,17,24H,2,5,8,11,13H2,1H3. The van der Waals surface area contributed by atoms with Gasteiger partial charge in [-0.15, -0.1) is 21.5 Å². The average Bonchev–Trinajstić information content (AvgIpc) is 3.34. The Labute approximate surface area is 161 Å². The first-order valence-corrected chi connectivity index (χ1v) is 10.8. The molecule has 4 rings (SSSR count). The molecule has 136 valence electrons. The van der Waals surface area contributed by atoms with Gasteiger partial charge in [-0.1, -0.05) is 36.0 Å². The fraction of sp³-hybridized carbons (Fsp3) is 0.368. The van der Waals surface area contributed by atoms with Gasteiger partial charge in [0, 0.05) is 24.5 Å². The third-order valence-corrected chi connectivity index (χ3v) is 6.53. The first-order valence-electron chi connectivity index (χ1n) is 8.90. The molecule has 26 heavy (non-hydrogen) atoms. The molecule has 0 saturated heterocycles. The van der Waals surface area contributed by atoms with Gasteiger partial charge in [0.2, 0.25) is 0 Å². The second kappa shape index (κ2) is 7.82. The summed E-state index contributed by atoms with van der Waals surface area (Å²) in [5, 5.41) is 22.4. The van der Waals surface area contributed by atoms with E-state index < -0.39 is 6.23 Å². The summed E-state index contributed by atoms with van der Waals surface area (Å²) in [6.45, 7) is 3.80. The van der Waals surface area contributed by atoms with Crippen LogP contribution < -0.4 is 4.90 Å². The summed E-state index contributed by atoms with van der Waals surface area (Å²) >= 11 is 3.24. The molecule has 0 aliphatic carbocycles. The number of aliphatic hydroxyl groups is 1. The van der Waals surface area contributed by atoms with Crippen LogP contribution in [0.4, 0.5) is 5.69 Å². The summed E-state index contributed by atoms with van der Waals surface area (Å²) in [4.78, 5) is 3.23. The normalized spacial score (nSPS) is 15.1. The molecule has 1 N–H and O–H groups in total. The van der Waals surface area contributed by atoms with Gasteiger partial charge < -0.3 is 14.6 Å². The third-order valence-electron chi connectivity index (χ3n) is 4.64. The number of rotatable bonds is 6. The molecule has 0 bridgehead atoms. The molecule has 1 atom stereocenters. The molecule has 3 heterocycles. The molecular formula is C19H22N4OS2. The highest BCUT2D eigenvalue weighted by atomic mass is 32.2. The maximum atomic E-state index is 10.8. The summed E-state index contributed by atoms with van der Waals surface area (Å²) in [7, 11) is 0. The van der Waals surface area contributed by atoms with Gasteiger partial charge in [-0.3, -0.25) is 0 Å². The van der Waals surface area contributed by atoms with Gasteiger partial charge in [-0.2, -0.15) is 0 Å². The molecule has 0 radical (unpaired) electrons. The molecule has 5 nitrogen and oxygen atoms in total. The Kier molecular flexibility index (Phi) is 5.28. The zero-order chi connectivity index (χ0) is 17.9. The number of para-hydroxylation sites is 1. The van der Waals surface area contributed by atoms with Crippen LogP contribution in [0.1, 0.15) is 18.9 Å². The number of aliphatic hydroxyl groups excluding tert-OH is 1. The lowest BCUT2D eigenvalue weighted by Gasteiger charge is -2.34. The number of aryl methyl sites for hydroxylation is 1. The van der Waals surface area contributed by atoms with Gasteiger partial charge in [-0.05, 0) is 42.8 Å². The highest BCUT2D eigenvalue weighted by Crippen LogP contribution is 2.31. The van der Waals surface area contributed by atoms with Crippen molar-refractivity contribution in [3.8, 4) is 10.7 Å². The van der Waals surface area contributed by atoms with Crippen molar-refractivity contribution in [3.05, 3.63) is 47.3 Å². The molecule has 7 heteroatoms. The van der Waals surface area contributed by atoms with Gasteiger partial charge in [0.05, 0.1) is 4.88 Å². The molecular weight excluding hydrogens is 364 g/mol. The number of aromatic nitrogens is 3. The predicted octanol–water partition coefficient (Wildman–Crippen LogP) is 3.89. The summed E-state index contributed by atoms with van der Waals surface area (Å²) in [5.74, 6) is 1.47. The van der Waals surface area contributed by atoms with Crippen LogP contribution in [0.2, 0.25) is 0 Å². The number of hydrogen-bond acceptors (Lipinski definition) is 6. The number of benzene rings is 1. The van der Waals surface area contributed by atoms with E-state index in [2.05, 4.69) is 50.9 Å². The van der Waals surface area contributed by atoms with Gasteiger partial charge in [0.15, 0.2) is 11.0 Å². The number of anilines is 1. The lowest BCUT2D eigenvalue weighted by Crippen LogP contribution is -2.40. The molecule has 0 saturated carbocycles. The molecule has 3 aromatic rings. The minimum atomic E-state index is -0.534. The van der Waals surface area contributed by atoms with Crippen LogP contribution in [0.5, 0.6) is 0 Å². The number of fused-ring (bicyclic) bond motifs is 1. The van der Waals surface area contributed by atoms with Crippen LogP contribution in [0.25, 0.3) is 10.7 Å². The summed E-state index contributed by atoms with van der Waals surface area (Å²) in [5.41, 5.74) is 2.47. The average molecular weight is 387 g/mol. The van der Waals surface area contributed by atoms with E-state index >= 15 is 0 Å². The SMILES string of the molecule is CCn1c(SCC(O)N2CCCc3ccccc32)nnc1-c1cccs1. The Morgan fingerprint density at radius 1 is 1.23 bits per heavy atom. The quantitative estimate of drug-likeness (QED) is 0.652. The van der Waals surface area contributed by atoms with E-state index in [0.29, 0.717) is 5.75 Å². The zero-order valence-electron chi connectivity index (χ0n) is 14.7. The van der Waals surface area contributed by atoms with Gasteiger partial charge in [0.25, 0.3) is 0 Å². The van der Waals surface area contributed by atoms with Crippen molar-refractivity contribution in [1.82, 2.24) is 14.8 Å². The van der Waals surface area contributed by atoms with Crippen LogP contribution in [-0.4, -0.2) is 38.4 Å². The van der Waals surface area contributed by atoms with E-state index in [1.165, 1.54) is 5.56 Å². The van der Waals surface area contributed by atoms with Crippen molar-refractivity contribution in [2.75, 3.05) is 17.2 Å². The van der Waals surface area contributed by atoms with E-state index in [1.54, 1.807) is 23.1 Å². The monoisotopic (exact) mass is 386 g/mol. The number of thioether (sulfide) groups is 1. The molecule has 1 aliphatic rings. The minimum Gasteiger partial charge on any atom is -0.373 e. The minimum absolute atomic E-state index is 0.534. The second-order valence-corrected chi connectivity index (χ2v) is 8.18. The van der Waals surface area contributed by atoms with Crippen molar-refractivity contribution in [2.45, 2.75) is 37.7 Å². The molecule has 1 aromatic carbocycles. The maximum absolute atomic E-state index is 10.8. The fourth-order valence-electron chi connectivity index (χ4n) is 3.38. The smallest absolute Gasteiger partial charge is 0.191 e. The van der Waals surface area contributed by atoms with Gasteiger partial charge in [-0.25, -0.2) is 0 Å². The Morgan fingerprint density at radius 3 is 2.92 bits per heavy atom. The largest absolute Gasteiger partial charge is 0.373 e. The van der Waals surface area contributed by atoms with Crippen molar-refractivity contribution in [1.29, 1.82) is 0 Å². The molecule has 1 unspecified atom stereocenters. The Bertz CT molecular complexity index is 862. The molecule has 0 spiro atoms. The number of nitrogens with zero attached hydrogens (tertiary/aromatic N) is 4. The van der Waals surface area contributed by atoms with Crippen LogP contribution in [-0.2, 0) is 13.0 Å². The lowest BCUT2D eigenvalue weighted by molar-refractivity contribution is 0.190. The van der Waals surface area contributed by atoms with E-state index in [0.717, 1.165) is 47.5 Å². The third kappa shape index (κ3) is 3.39. The molecule has 1 aliphatic heterocycles. The van der Waals surface area contributed by atoms with Crippen LogP contribution in [0, 0.1) is 0 Å². The Hall–Kier alpha value is -1.83.